The molecule has 7 nitrogen and oxygen atoms in total. The summed E-state index contributed by atoms with van der Waals surface area (Å²) in [6.45, 7) is 3.52. The number of rotatable bonds is 4. The highest BCUT2D eigenvalue weighted by Crippen LogP contribution is 2.29. The number of benzene rings is 2. The van der Waals surface area contributed by atoms with E-state index in [9.17, 15) is 4.79 Å². The van der Waals surface area contributed by atoms with E-state index < -0.39 is 6.04 Å². The Morgan fingerprint density at radius 2 is 1.88 bits per heavy atom. The molecule has 4 aromatic rings. The van der Waals surface area contributed by atoms with E-state index in [2.05, 4.69) is 20.6 Å². The molecule has 4 rings (SSSR count). The molecule has 0 unspecified atom stereocenters. The summed E-state index contributed by atoms with van der Waals surface area (Å²) in [5, 5.41) is 11.4. The van der Waals surface area contributed by atoms with Gasteiger partial charge in [0.25, 0.3) is 5.91 Å². The van der Waals surface area contributed by atoms with Crippen molar-refractivity contribution in [1.29, 1.82) is 0 Å². The largest absolute Gasteiger partial charge is 0.355 e. The van der Waals surface area contributed by atoms with Gasteiger partial charge in [0, 0.05) is 11.1 Å². The third-order valence-electron chi connectivity index (χ3n) is 4.04. The molecule has 1 N–H and O–H groups in total. The standard InChI is InChI=1S/C19H16N4O3/c1-11(19-21-12(2)22-26-19)20-18(24)14-8-9-16-15(10-14)17(25-23-16)13-6-4-3-5-7-13/h3-11H,1-2H3,(H,20,24)/t11-/m0/s1. The fourth-order valence-corrected chi connectivity index (χ4v) is 2.71. The molecule has 0 aliphatic carbocycles. The summed E-state index contributed by atoms with van der Waals surface area (Å²) in [4.78, 5) is 16.7. The molecule has 0 bridgehead atoms. The van der Waals surface area contributed by atoms with Crippen LogP contribution in [0.5, 0.6) is 0 Å². The van der Waals surface area contributed by atoms with Crippen molar-refractivity contribution >= 4 is 16.8 Å². The van der Waals surface area contributed by atoms with Crippen molar-refractivity contribution in [2.75, 3.05) is 0 Å². The molecular formula is C19H16N4O3. The van der Waals surface area contributed by atoms with Gasteiger partial charge in [0.1, 0.15) is 11.6 Å². The molecular weight excluding hydrogens is 332 g/mol. The Morgan fingerprint density at radius 3 is 2.62 bits per heavy atom. The van der Waals surface area contributed by atoms with Crippen LogP contribution in [0.25, 0.3) is 22.2 Å². The van der Waals surface area contributed by atoms with Gasteiger partial charge in [0.15, 0.2) is 11.6 Å². The number of fused-ring (bicyclic) bond motifs is 1. The van der Waals surface area contributed by atoms with Gasteiger partial charge in [0.2, 0.25) is 5.89 Å². The number of aromatic nitrogens is 3. The van der Waals surface area contributed by atoms with Crippen LogP contribution in [0.3, 0.4) is 0 Å². The van der Waals surface area contributed by atoms with Gasteiger partial charge in [0.05, 0.1) is 5.39 Å². The molecule has 0 saturated carbocycles. The van der Waals surface area contributed by atoms with E-state index in [1.54, 1.807) is 32.0 Å². The molecule has 2 heterocycles. The number of hydrogen-bond acceptors (Lipinski definition) is 6. The van der Waals surface area contributed by atoms with Gasteiger partial charge >= 0.3 is 0 Å². The van der Waals surface area contributed by atoms with Crippen LogP contribution in [-0.4, -0.2) is 21.2 Å². The van der Waals surface area contributed by atoms with Crippen LogP contribution in [0.4, 0.5) is 0 Å². The fraction of sp³-hybridized carbons (Fsp3) is 0.158. The van der Waals surface area contributed by atoms with Gasteiger partial charge in [-0.1, -0.05) is 40.6 Å². The lowest BCUT2D eigenvalue weighted by atomic mass is 10.1. The second-order valence-corrected chi connectivity index (χ2v) is 5.98. The number of aryl methyl sites for hydroxylation is 1. The van der Waals surface area contributed by atoms with E-state index in [1.807, 2.05) is 30.3 Å². The molecule has 0 spiro atoms. The normalized spacial score (nSPS) is 12.2. The van der Waals surface area contributed by atoms with Gasteiger partial charge < -0.3 is 14.4 Å². The lowest BCUT2D eigenvalue weighted by Crippen LogP contribution is -2.26. The molecule has 0 saturated heterocycles. The zero-order chi connectivity index (χ0) is 18.1. The Balaban J connectivity index is 1.63. The van der Waals surface area contributed by atoms with Crippen LogP contribution in [0.15, 0.2) is 57.6 Å². The van der Waals surface area contributed by atoms with Crippen LogP contribution >= 0.6 is 0 Å². The second kappa shape index (κ2) is 6.44. The van der Waals surface area contributed by atoms with E-state index in [0.29, 0.717) is 28.6 Å². The summed E-state index contributed by atoms with van der Waals surface area (Å²) in [5.74, 6) is 1.29. The van der Waals surface area contributed by atoms with Crippen LogP contribution in [0, 0.1) is 6.92 Å². The molecule has 1 atom stereocenters. The molecule has 1 amide bonds. The predicted molar refractivity (Wildman–Crippen MR) is 94.4 cm³/mol. The minimum absolute atomic E-state index is 0.240. The Bertz CT molecular complexity index is 1070. The molecule has 0 radical (unpaired) electrons. The van der Waals surface area contributed by atoms with E-state index in [4.69, 9.17) is 9.05 Å². The summed E-state index contributed by atoms with van der Waals surface area (Å²) in [5.41, 5.74) is 2.10. The summed E-state index contributed by atoms with van der Waals surface area (Å²) in [7, 11) is 0. The first kappa shape index (κ1) is 16.0. The first-order valence-electron chi connectivity index (χ1n) is 8.18. The van der Waals surface area contributed by atoms with Gasteiger partial charge in [-0.15, -0.1) is 0 Å². The zero-order valence-electron chi connectivity index (χ0n) is 14.3. The third-order valence-corrected chi connectivity index (χ3v) is 4.04. The van der Waals surface area contributed by atoms with Crippen LogP contribution in [-0.2, 0) is 0 Å². The number of hydrogen-bond donors (Lipinski definition) is 1. The maximum Gasteiger partial charge on any atom is 0.251 e. The lowest BCUT2D eigenvalue weighted by Gasteiger charge is -2.09. The number of nitrogens with one attached hydrogen (secondary N) is 1. The Hall–Kier alpha value is -3.48. The van der Waals surface area contributed by atoms with Crippen molar-refractivity contribution in [2.45, 2.75) is 19.9 Å². The minimum Gasteiger partial charge on any atom is -0.355 e. The van der Waals surface area contributed by atoms with E-state index >= 15 is 0 Å². The number of carbonyl (C=O) groups excluding carboxylic acids is 1. The average Bonchev–Trinajstić information content (AvgIpc) is 3.28. The van der Waals surface area contributed by atoms with Gasteiger partial charge in [-0.2, -0.15) is 4.98 Å². The average molecular weight is 348 g/mol. The topological polar surface area (TPSA) is 94.1 Å². The van der Waals surface area contributed by atoms with Crippen molar-refractivity contribution < 1.29 is 13.8 Å². The summed E-state index contributed by atoms with van der Waals surface area (Å²) >= 11 is 0. The van der Waals surface area contributed by atoms with Crippen molar-refractivity contribution in [3.63, 3.8) is 0 Å². The molecule has 26 heavy (non-hydrogen) atoms. The molecule has 0 fully saturated rings. The molecule has 0 aliphatic rings. The third kappa shape index (κ3) is 2.95. The van der Waals surface area contributed by atoms with Crippen molar-refractivity contribution in [3.05, 3.63) is 65.8 Å². The van der Waals surface area contributed by atoms with E-state index in [-0.39, 0.29) is 5.91 Å². The minimum atomic E-state index is -0.393. The monoisotopic (exact) mass is 348 g/mol. The van der Waals surface area contributed by atoms with Crippen molar-refractivity contribution in [3.8, 4) is 11.3 Å². The number of carbonyl (C=O) groups is 1. The summed E-state index contributed by atoms with van der Waals surface area (Å²) < 4.78 is 10.6. The van der Waals surface area contributed by atoms with Crippen molar-refractivity contribution in [2.24, 2.45) is 0 Å². The van der Waals surface area contributed by atoms with Gasteiger partial charge in [-0.05, 0) is 32.0 Å². The van der Waals surface area contributed by atoms with Crippen LogP contribution < -0.4 is 5.32 Å². The lowest BCUT2D eigenvalue weighted by molar-refractivity contribution is 0.0932. The van der Waals surface area contributed by atoms with Gasteiger partial charge in [-0.3, -0.25) is 4.79 Å². The maximum absolute atomic E-state index is 12.6. The highest BCUT2D eigenvalue weighted by atomic mass is 16.5. The summed E-state index contributed by atoms with van der Waals surface area (Å²) in [6, 6.07) is 14.5. The molecule has 7 heteroatoms. The molecule has 2 aromatic heterocycles. The number of amides is 1. The van der Waals surface area contributed by atoms with Gasteiger partial charge in [-0.25, -0.2) is 0 Å². The highest BCUT2D eigenvalue weighted by molar-refractivity contribution is 6.01. The molecule has 130 valence electrons. The van der Waals surface area contributed by atoms with Crippen LogP contribution in [0.1, 0.15) is 35.0 Å². The van der Waals surface area contributed by atoms with Crippen LogP contribution in [0.2, 0.25) is 0 Å². The van der Waals surface area contributed by atoms with Crippen molar-refractivity contribution in [1.82, 2.24) is 20.6 Å². The Morgan fingerprint density at radius 1 is 1.08 bits per heavy atom. The summed E-state index contributed by atoms with van der Waals surface area (Å²) in [6.07, 6.45) is 0. The zero-order valence-corrected chi connectivity index (χ0v) is 14.3. The molecule has 0 aliphatic heterocycles. The Kier molecular flexibility index (Phi) is 3.96. The smallest absolute Gasteiger partial charge is 0.251 e. The first-order chi connectivity index (χ1) is 12.6. The second-order valence-electron chi connectivity index (χ2n) is 5.98. The maximum atomic E-state index is 12.6. The Labute approximate surface area is 149 Å². The first-order valence-corrected chi connectivity index (χ1v) is 8.18. The SMILES string of the molecule is Cc1noc([C@H](C)NC(=O)c2ccc3noc(-c4ccccc4)c3c2)n1. The van der Waals surface area contributed by atoms with E-state index in [0.717, 1.165) is 10.9 Å². The quantitative estimate of drug-likeness (QED) is 0.604. The number of nitrogens with zero attached hydrogens (tertiary/aromatic N) is 3. The predicted octanol–water partition coefficient (Wildman–Crippen LogP) is 3.68. The highest BCUT2D eigenvalue weighted by Gasteiger charge is 2.18. The van der Waals surface area contributed by atoms with E-state index in [1.165, 1.54) is 0 Å². The molecule has 2 aromatic carbocycles. The fourth-order valence-electron chi connectivity index (χ4n) is 2.71.